The van der Waals surface area contributed by atoms with Crippen molar-refractivity contribution >= 4 is 23.1 Å². The summed E-state index contributed by atoms with van der Waals surface area (Å²) in [5, 5.41) is 6.30. The molecule has 1 amide bonds. The molecule has 1 aromatic heterocycles. The van der Waals surface area contributed by atoms with E-state index < -0.39 is 0 Å². The van der Waals surface area contributed by atoms with Crippen LogP contribution in [0.1, 0.15) is 31.1 Å². The molecule has 0 radical (unpaired) electrons. The molecule has 0 unspecified atom stereocenters. The summed E-state index contributed by atoms with van der Waals surface area (Å²) < 4.78 is 5.41. The number of aromatic nitrogens is 1. The summed E-state index contributed by atoms with van der Waals surface area (Å²) in [6.07, 6.45) is 1.60. The number of rotatable bonds is 4. The van der Waals surface area contributed by atoms with Gasteiger partial charge in [0.15, 0.2) is 0 Å². The molecular formula is C20H26N4O2. The smallest absolute Gasteiger partial charge is 0.257 e. The Morgan fingerprint density at radius 1 is 1.12 bits per heavy atom. The number of hydrogen-bond acceptors (Lipinski definition) is 5. The molecule has 6 nitrogen and oxygen atoms in total. The molecule has 6 heteroatoms. The van der Waals surface area contributed by atoms with Crippen LogP contribution in [0.15, 0.2) is 42.6 Å². The zero-order valence-corrected chi connectivity index (χ0v) is 15.6. The number of amides is 1. The number of carbonyl (C=O) groups excluding carboxylic acids is 1. The van der Waals surface area contributed by atoms with Crippen LogP contribution in [0.3, 0.4) is 0 Å². The van der Waals surface area contributed by atoms with Crippen molar-refractivity contribution in [1.29, 1.82) is 0 Å². The third-order valence-corrected chi connectivity index (χ3v) is 4.03. The largest absolute Gasteiger partial charge is 0.378 e. The van der Waals surface area contributed by atoms with E-state index in [9.17, 15) is 4.79 Å². The van der Waals surface area contributed by atoms with E-state index in [0.717, 1.165) is 30.3 Å². The Labute approximate surface area is 154 Å². The van der Waals surface area contributed by atoms with Crippen LogP contribution in [0.5, 0.6) is 0 Å². The maximum Gasteiger partial charge on any atom is 0.257 e. The van der Waals surface area contributed by atoms with Crippen LogP contribution in [-0.4, -0.2) is 42.7 Å². The summed E-state index contributed by atoms with van der Waals surface area (Å²) in [5.74, 6) is 0.586. The molecule has 2 heterocycles. The van der Waals surface area contributed by atoms with Crippen LogP contribution in [0.2, 0.25) is 0 Å². The minimum Gasteiger partial charge on any atom is -0.378 e. The van der Waals surface area contributed by atoms with Gasteiger partial charge in [0, 0.05) is 24.8 Å². The number of para-hydroxylation sites is 2. The van der Waals surface area contributed by atoms with Crippen LogP contribution in [0.4, 0.5) is 17.2 Å². The Kier molecular flexibility index (Phi) is 5.42. The first-order valence-electron chi connectivity index (χ1n) is 8.90. The first-order chi connectivity index (χ1) is 12.4. The zero-order valence-electron chi connectivity index (χ0n) is 15.6. The highest BCUT2D eigenvalue weighted by molar-refractivity contribution is 6.05. The van der Waals surface area contributed by atoms with Crippen molar-refractivity contribution in [2.75, 3.05) is 41.8 Å². The van der Waals surface area contributed by atoms with Crippen molar-refractivity contribution in [1.82, 2.24) is 4.98 Å². The van der Waals surface area contributed by atoms with Crippen LogP contribution in [0, 0.1) is 0 Å². The Morgan fingerprint density at radius 2 is 1.85 bits per heavy atom. The third-order valence-electron chi connectivity index (χ3n) is 4.03. The highest BCUT2D eigenvalue weighted by Crippen LogP contribution is 2.27. The van der Waals surface area contributed by atoms with E-state index in [-0.39, 0.29) is 11.4 Å². The van der Waals surface area contributed by atoms with Crippen molar-refractivity contribution in [3.63, 3.8) is 0 Å². The van der Waals surface area contributed by atoms with Crippen LogP contribution >= 0.6 is 0 Å². The van der Waals surface area contributed by atoms with E-state index >= 15 is 0 Å². The summed E-state index contributed by atoms with van der Waals surface area (Å²) in [7, 11) is 0. The number of benzene rings is 1. The maximum atomic E-state index is 12.6. The van der Waals surface area contributed by atoms with Gasteiger partial charge in [-0.05, 0) is 45.0 Å². The van der Waals surface area contributed by atoms with Gasteiger partial charge >= 0.3 is 0 Å². The maximum absolute atomic E-state index is 12.6. The van der Waals surface area contributed by atoms with E-state index in [2.05, 4.69) is 41.3 Å². The second-order valence-corrected chi connectivity index (χ2v) is 7.38. The molecule has 26 heavy (non-hydrogen) atoms. The molecule has 138 valence electrons. The molecule has 3 rings (SSSR count). The minimum absolute atomic E-state index is 0.0755. The molecule has 0 saturated carbocycles. The predicted octanol–water partition coefficient (Wildman–Crippen LogP) is 3.38. The third kappa shape index (κ3) is 4.73. The average Bonchev–Trinajstić information content (AvgIpc) is 2.62. The van der Waals surface area contributed by atoms with Gasteiger partial charge in [-0.25, -0.2) is 4.98 Å². The van der Waals surface area contributed by atoms with Gasteiger partial charge in [-0.3, -0.25) is 4.79 Å². The van der Waals surface area contributed by atoms with Gasteiger partial charge < -0.3 is 20.3 Å². The fourth-order valence-electron chi connectivity index (χ4n) is 2.84. The molecule has 1 aromatic carbocycles. The Hall–Kier alpha value is -2.60. The van der Waals surface area contributed by atoms with E-state index in [0.29, 0.717) is 18.8 Å². The fourth-order valence-corrected chi connectivity index (χ4v) is 2.84. The van der Waals surface area contributed by atoms with Crippen molar-refractivity contribution in [3.05, 3.63) is 48.2 Å². The summed E-state index contributed by atoms with van der Waals surface area (Å²) in [6, 6.07) is 11.5. The van der Waals surface area contributed by atoms with Crippen LogP contribution in [-0.2, 0) is 4.74 Å². The Morgan fingerprint density at radius 3 is 2.50 bits per heavy atom. The molecule has 0 spiro atoms. The van der Waals surface area contributed by atoms with Gasteiger partial charge in [0.25, 0.3) is 5.91 Å². The van der Waals surface area contributed by atoms with Gasteiger partial charge in [0.2, 0.25) is 0 Å². The molecule has 0 aliphatic carbocycles. The predicted molar refractivity (Wildman–Crippen MR) is 105 cm³/mol. The number of pyridine rings is 1. The molecule has 1 fully saturated rings. The Balaban J connectivity index is 1.72. The molecule has 1 aliphatic heterocycles. The summed E-state index contributed by atoms with van der Waals surface area (Å²) in [5.41, 5.74) is 2.27. The number of anilines is 3. The van der Waals surface area contributed by atoms with Gasteiger partial charge in [-0.2, -0.15) is 0 Å². The molecule has 0 atom stereocenters. The summed E-state index contributed by atoms with van der Waals surface area (Å²) in [4.78, 5) is 19.2. The van der Waals surface area contributed by atoms with E-state index in [1.54, 1.807) is 12.3 Å². The number of nitrogens with one attached hydrogen (secondary N) is 2. The second-order valence-electron chi connectivity index (χ2n) is 7.38. The lowest BCUT2D eigenvalue weighted by molar-refractivity contribution is 0.102. The first kappa shape index (κ1) is 18.2. The normalized spacial score (nSPS) is 14.8. The summed E-state index contributed by atoms with van der Waals surface area (Å²) in [6.45, 7) is 9.25. The van der Waals surface area contributed by atoms with E-state index in [1.165, 1.54) is 0 Å². The van der Waals surface area contributed by atoms with E-state index in [4.69, 9.17) is 4.74 Å². The molecular weight excluding hydrogens is 328 g/mol. The fraction of sp³-hybridized carbons (Fsp3) is 0.400. The highest BCUT2D eigenvalue weighted by Gasteiger charge is 2.17. The van der Waals surface area contributed by atoms with Gasteiger partial charge in [0.05, 0.1) is 30.2 Å². The molecule has 1 aliphatic rings. The number of hydrogen-bond donors (Lipinski definition) is 2. The topological polar surface area (TPSA) is 66.5 Å². The number of morpholine rings is 1. The lowest BCUT2D eigenvalue weighted by Gasteiger charge is -2.30. The molecule has 2 N–H and O–H groups in total. The molecule has 0 bridgehead atoms. The Bertz CT molecular complexity index is 747. The van der Waals surface area contributed by atoms with Crippen molar-refractivity contribution in [2.45, 2.75) is 26.3 Å². The zero-order chi connectivity index (χ0) is 18.6. The van der Waals surface area contributed by atoms with Crippen LogP contribution < -0.4 is 15.5 Å². The standard InChI is InChI=1S/C20H26N4O2/c1-20(2,3)23-18-9-8-15(14-21-18)19(25)22-16-6-4-5-7-17(16)24-10-12-26-13-11-24/h4-9,14H,10-13H2,1-3H3,(H,21,23)(H,22,25). The van der Waals surface area contributed by atoms with Gasteiger partial charge in [-0.15, -0.1) is 0 Å². The van der Waals surface area contributed by atoms with Crippen molar-refractivity contribution < 1.29 is 9.53 Å². The lowest BCUT2D eigenvalue weighted by atomic mass is 10.1. The van der Waals surface area contributed by atoms with Crippen LogP contribution in [0.25, 0.3) is 0 Å². The SMILES string of the molecule is CC(C)(C)Nc1ccc(C(=O)Nc2ccccc2N2CCOCC2)cn1. The monoisotopic (exact) mass is 354 g/mol. The number of ether oxygens (including phenoxy) is 1. The minimum atomic E-state index is -0.166. The van der Waals surface area contributed by atoms with Gasteiger partial charge in [0.1, 0.15) is 5.82 Å². The van der Waals surface area contributed by atoms with Crippen molar-refractivity contribution in [2.24, 2.45) is 0 Å². The van der Waals surface area contributed by atoms with Gasteiger partial charge in [-0.1, -0.05) is 12.1 Å². The first-order valence-corrected chi connectivity index (χ1v) is 8.90. The highest BCUT2D eigenvalue weighted by atomic mass is 16.5. The number of nitrogens with zero attached hydrogens (tertiary/aromatic N) is 2. The molecule has 1 saturated heterocycles. The number of carbonyl (C=O) groups is 1. The molecule has 2 aromatic rings. The average molecular weight is 354 g/mol. The van der Waals surface area contributed by atoms with E-state index in [1.807, 2.05) is 30.3 Å². The second kappa shape index (κ2) is 7.74. The lowest BCUT2D eigenvalue weighted by Crippen LogP contribution is -2.36. The van der Waals surface area contributed by atoms with Crippen molar-refractivity contribution in [3.8, 4) is 0 Å². The quantitative estimate of drug-likeness (QED) is 0.881. The summed E-state index contributed by atoms with van der Waals surface area (Å²) >= 11 is 0.